The Morgan fingerprint density at radius 1 is 1.21 bits per heavy atom. The van der Waals surface area contributed by atoms with E-state index in [1.165, 1.54) is 22.1 Å². The molecule has 0 fully saturated rings. The molecule has 1 aromatic rings. The van der Waals surface area contributed by atoms with Gasteiger partial charge in [0.05, 0.1) is 5.69 Å². The molecule has 4 heteroatoms. The van der Waals surface area contributed by atoms with Crippen molar-refractivity contribution < 1.29 is 0 Å². The number of hydrogen-bond acceptors (Lipinski definition) is 3. The van der Waals surface area contributed by atoms with Gasteiger partial charge in [0.25, 0.3) is 0 Å². The first-order chi connectivity index (χ1) is 9.08. The summed E-state index contributed by atoms with van der Waals surface area (Å²) >= 11 is 3.70. The van der Waals surface area contributed by atoms with Crippen LogP contribution in [0.25, 0.3) is 0 Å². The van der Waals surface area contributed by atoms with Crippen LogP contribution in [0.1, 0.15) is 18.9 Å². The lowest BCUT2D eigenvalue weighted by Gasteiger charge is -2.25. The molecule has 0 aromatic heterocycles. The van der Waals surface area contributed by atoms with Crippen LogP contribution < -0.4 is 10.2 Å². The van der Waals surface area contributed by atoms with Gasteiger partial charge < -0.3 is 15.1 Å². The maximum atomic E-state index is 3.70. The number of hydrogen-bond donors (Lipinski definition) is 1. The van der Waals surface area contributed by atoms with E-state index in [9.17, 15) is 0 Å². The summed E-state index contributed by atoms with van der Waals surface area (Å²) in [6, 6.07) is 6.63. The minimum atomic E-state index is 0.908. The maximum absolute atomic E-state index is 3.70. The summed E-state index contributed by atoms with van der Waals surface area (Å²) < 4.78 is 1.19. The van der Waals surface area contributed by atoms with Crippen molar-refractivity contribution in [3.63, 3.8) is 0 Å². The Bertz CT molecular complexity index is 380. The van der Waals surface area contributed by atoms with Gasteiger partial charge in [0.15, 0.2) is 0 Å². The lowest BCUT2D eigenvalue weighted by atomic mass is 10.2. The van der Waals surface area contributed by atoms with Crippen LogP contribution in [0.2, 0.25) is 0 Å². The summed E-state index contributed by atoms with van der Waals surface area (Å²) in [6.07, 6.45) is 1.19. The Morgan fingerprint density at radius 3 is 2.47 bits per heavy atom. The average Bonchev–Trinajstić information content (AvgIpc) is 2.36. The zero-order valence-corrected chi connectivity index (χ0v) is 14.1. The van der Waals surface area contributed by atoms with Crippen molar-refractivity contribution in [3.05, 3.63) is 28.2 Å². The summed E-state index contributed by atoms with van der Waals surface area (Å²) in [5.74, 6) is 0. The van der Waals surface area contributed by atoms with Gasteiger partial charge in [-0.15, -0.1) is 0 Å². The molecule has 0 bridgehead atoms. The average molecular weight is 328 g/mol. The lowest BCUT2D eigenvalue weighted by Crippen LogP contribution is -2.27. The second-order valence-corrected chi connectivity index (χ2v) is 5.91. The molecule has 1 rings (SSSR count). The number of nitrogens with one attached hydrogen (secondary N) is 1. The van der Waals surface area contributed by atoms with Gasteiger partial charge in [0, 0.05) is 24.1 Å². The fraction of sp³-hybridized carbons (Fsp3) is 0.600. The van der Waals surface area contributed by atoms with E-state index in [0.29, 0.717) is 0 Å². The normalized spacial score (nSPS) is 11.1. The molecule has 0 aliphatic heterocycles. The molecular weight excluding hydrogens is 302 g/mol. The Hall–Kier alpha value is -0.580. The van der Waals surface area contributed by atoms with Crippen LogP contribution >= 0.6 is 15.9 Å². The van der Waals surface area contributed by atoms with E-state index in [1.807, 2.05) is 7.05 Å². The molecule has 0 amide bonds. The van der Waals surface area contributed by atoms with E-state index < -0.39 is 0 Å². The third-order valence-electron chi connectivity index (χ3n) is 3.15. The summed E-state index contributed by atoms with van der Waals surface area (Å²) in [7, 11) is 6.22. The molecule has 0 spiro atoms. The molecule has 0 aliphatic rings. The summed E-state index contributed by atoms with van der Waals surface area (Å²) in [5, 5.41) is 3.18. The number of benzene rings is 1. The second kappa shape index (κ2) is 8.56. The zero-order chi connectivity index (χ0) is 14.3. The van der Waals surface area contributed by atoms with Gasteiger partial charge in [0.1, 0.15) is 0 Å². The molecule has 19 heavy (non-hydrogen) atoms. The zero-order valence-electron chi connectivity index (χ0n) is 12.5. The predicted octanol–water partition coefficient (Wildman–Crippen LogP) is 2.95. The Labute approximate surface area is 126 Å². The van der Waals surface area contributed by atoms with Crippen LogP contribution in [0.3, 0.4) is 0 Å². The largest absolute Gasteiger partial charge is 0.371 e. The first kappa shape index (κ1) is 16.5. The molecule has 108 valence electrons. The number of rotatable bonds is 8. The quantitative estimate of drug-likeness (QED) is 0.792. The van der Waals surface area contributed by atoms with E-state index in [1.54, 1.807) is 0 Å². The highest BCUT2D eigenvalue weighted by Crippen LogP contribution is 2.27. The number of nitrogens with zero attached hydrogens (tertiary/aromatic N) is 2. The molecule has 3 nitrogen and oxygen atoms in total. The fourth-order valence-electron chi connectivity index (χ4n) is 2.15. The van der Waals surface area contributed by atoms with Crippen molar-refractivity contribution in [1.29, 1.82) is 0 Å². The molecule has 0 unspecified atom stereocenters. The first-order valence-corrected chi connectivity index (χ1v) is 7.70. The van der Waals surface area contributed by atoms with Gasteiger partial charge in [-0.25, -0.2) is 0 Å². The smallest absolute Gasteiger partial charge is 0.0510 e. The van der Waals surface area contributed by atoms with Gasteiger partial charge in [-0.2, -0.15) is 0 Å². The van der Waals surface area contributed by atoms with Gasteiger partial charge in [-0.05, 0) is 74.7 Å². The summed E-state index contributed by atoms with van der Waals surface area (Å²) in [4.78, 5) is 4.66. The van der Waals surface area contributed by atoms with Crippen molar-refractivity contribution in [3.8, 4) is 0 Å². The Morgan fingerprint density at radius 2 is 1.95 bits per heavy atom. The monoisotopic (exact) mass is 327 g/mol. The molecule has 0 aliphatic carbocycles. The molecule has 0 atom stereocenters. The van der Waals surface area contributed by atoms with Crippen LogP contribution in [0, 0.1) is 0 Å². The van der Waals surface area contributed by atoms with Crippen molar-refractivity contribution >= 4 is 21.6 Å². The third-order valence-corrected chi connectivity index (χ3v) is 3.78. The van der Waals surface area contributed by atoms with E-state index in [0.717, 1.165) is 26.2 Å². The topological polar surface area (TPSA) is 18.5 Å². The standard InChI is InChI=1S/C15H26BrN3/c1-5-19(10-6-9-18(3)4)15-8-7-13(12-17-2)11-14(15)16/h7-8,11,17H,5-6,9-10,12H2,1-4H3. The first-order valence-electron chi connectivity index (χ1n) is 6.91. The number of anilines is 1. The lowest BCUT2D eigenvalue weighted by molar-refractivity contribution is 0.400. The third kappa shape index (κ3) is 5.51. The molecular formula is C15H26BrN3. The number of halogens is 1. The van der Waals surface area contributed by atoms with Gasteiger partial charge in [-0.3, -0.25) is 0 Å². The van der Waals surface area contributed by atoms with Crippen molar-refractivity contribution in [2.24, 2.45) is 0 Å². The Kier molecular flexibility index (Phi) is 7.42. The van der Waals surface area contributed by atoms with Gasteiger partial charge in [-0.1, -0.05) is 6.07 Å². The van der Waals surface area contributed by atoms with Gasteiger partial charge in [0.2, 0.25) is 0 Å². The molecule has 0 radical (unpaired) electrons. The van der Waals surface area contributed by atoms with E-state index in [-0.39, 0.29) is 0 Å². The van der Waals surface area contributed by atoms with Crippen LogP contribution in [0.15, 0.2) is 22.7 Å². The van der Waals surface area contributed by atoms with Crippen molar-refractivity contribution in [1.82, 2.24) is 10.2 Å². The molecule has 0 saturated carbocycles. The second-order valence-electron chi connectivity index (χ2n) is 5.05. The highest BCUT2D eigenvalue weighted by atomic mass is 79.9. The van der Waals surface area contributed by atoms with E-state index in [4.69, 9.17) is 0 Å². The molecule has 1 aromatic carbocycles. The summed E-state index contributed by atoms with van der Waals surface area (Å²) in [6.45, 7) is 6.39. The highest BCUT2D eigenvalue weighted by molar-refractivity contribution is 9.10. The fourth-order valence-corrected chi connectivity index (χ4v) is 2.82. The SMILES string of the molecule is CCN(CCCN(C)C)c1ccc(CNC)cc1Br. The van der Waals surface area contributed by atoms with Crippen molar-refractivity contribution in [2.75, 3.05) is 45.7 Å². The predicted molar refractivity (Wildman–Crippen MR) is 88.0 cm³/mol. The minimum Gasteiger partial charge on any atom is -0.371 e. The Balaban J connectivity index is 2.69. The minimum absolute atomic E-state index is 0.908. The highest BCUT2D eigenvalue weighted by Gasteiger charge is 2.09. The molecule has 1 N–H and O–H groups in total. The van der Waals surface area contributed by atoms with E-state index in [2.05, 4.69) is 70.3 Å². The summed E-state index contributed by atoms with van der Waals surface area (Å²) in [5.41, 5.74) is 2.60. The van der Waals surface area contributed by atoms with Crippen LogP contribution in [-0.2, 0) is 6.54 Å². The maximum Gasteiger partial charge on any atom is 0.0510 e. The van der Waals surface area contributed by atoms with Crippen molar-refractivity contribution in [2.45, 2.75) is 19.9 Å². The molecule has 0 saturated heterocycles. The van der Waals surface area contributed by atoms with E-state index >= 15 is 0 Å². The van der Waals surface area contributed by atoms with Crippen LogP contribution in [0.5, 0.6) is 0 Å². The van der Waals surface area contributed by atoms with Crippen LogP contribution in [0.4, 0.5) is 5.69 Å². The van der Waals surface area contributed by atoms with Crippen LogP contribution in [-0.4, -0.2) is 45.7 Å². The van der Waals surface area contributed by atoms with Gasteiger partial charge >= 0.3 is 0 Å². The molecule has 0 heterocycles.